The van der Waals surface area contributed by atoms with Crippen LogP contribution in [-0.2, 0) is 19.1 Å². The lowest BCUT2D eigenvalue weighted by Crippen LogP contribution is -2.55. The van der Waals surface area contributed by atoms with E-state index in [2.05, 4.69) is 10.5 Å². The minimum absolute atomic E-state index is 0.00962. The monoisotopic (exact) mass is 410 g/mol. The number of carbonyl (C=O) groups excluding carboxylic acids is 2. The summed E-state index contributed by atoms with van der Waals surface area (Å²) >= 11 is 0. The summed E-state index contributed by atoms with van der Waals surface area (Å²) in [6, 6.07) is 18.4. The number of nitrogens with zero attached hydrogens (tertiary/aromatic N) is 1. The number of para-hydroxylation sites is 1. The number of nitrogens with one attached hydrogen (secondary N) is 1. The molecule has 1 fully saturated rings. The zero-order chi connectivity index (χ0) is 21.7. The number of esters is 2. The highest BCUT2D eigenvalue weighted by Crippen LogP contribution is 2.47. The van der Waals surface area contributed by atoms with E-state index in [0.717, 1.165) is 11.3 Å². The third kappa shape index (κ3) is 4.36. The predicted molar refractivity (Wildman–Crippen MR) is 113 cm³/mol. The molecular formula is C23H26N2O5. The Morgan fingerprint density at radius 2 is 1.57 bits per heavy atom. The van der Waals surface area contributed by atoms with E-state index in [9.17, 15) is 14.7 Å². The Bertz CT molecular complexity index is 912. The Kier molecular flexibility index (Phi) is 6.52. The van der Waals surface area contributed by atoms with E-state index in [1.165, 1.54) is 14.2 Å². The van der Waals surface area contributed by atoms with Gasteiger partial charge >= 0.3 is 11.9 Å². The average Bonchev–Trinajstić information content (AvgIpc) is 2.77. The van der Waals surface area contributed by atoms with E-state index in [4.69, 9.17) is 9.47 Å². The number of anilines is 1. The highest BCUT2D eigenvalue weighted by Gasteiger charge is 2.56. The van der Waals surface area contributed by atoms with Gasteiger partial charge in [-0.2, -0.15) is 5.10 Å². The van der Waals surface area contributed by atoms with Crippen LogP contribution in [0.3, 0.4) is 0 Å². The number of benzene rings is 2. The molecule has 7 nitrogen and oxygen atoms in total. The maximum absolute atomic E-state index is 12.9. The van der Waals surface area contributed by atoms with Crippen LogP contribution in [0.4, 0.5) is 5.69 Å². The fourth-order valence-electron chi connectivity index (χ4n) is 4.13. The van der Waals surface area contributed by atoms with E-state index >= 15 is 0 Å². The van der Waals surface area contributed by atoms with Gasteiger partial charge in [0.15, 0.2) is 0 Å². The van der Waals surface area contributed by atoms with Crippen molar-refractivity contribution in [3.8, 4) is 0 Å². The molecular weight excluding hydrogens is 384 g/mol. The molecule has 2 N–H and O–H groups in total. The van der Waals surface area contributed by atoms with Gasteiger partial charge in [-0.1, -0.05) is 48.5 Å². The summed E-state index contributed by atoms with van der Waals surface area (Å²) in [5.41, 5.74) is 3.33. The van der Waals surface area contributed by atoms with Crippen molar-refractivity contribution < 1.29 is 24.2 Å². The third-order valence-corrected chi connectivity index (χ3v) is 5.48. The number of methoxy groups -OCH3 is 2. The zero-order valence-electron chi connectivity index (χ0n) is 17.2. The van der Waals surface area contributed by atoms with E-state index in [-0.39, 0.29) is 6.42 Å². The van der Waals surface area contributed by atoms with Crippen LogP contribution >= 0.6 is 0 Å². The van der Waals surface area contributed by atoms with E-state index in [1.54, 1.807) is 6.92 Å². The number of aliphatic hydroxyl groups is 1. The molecule has 0 bridgehead atoms. The first-order chi connectivity index (χ1) is 14.4. The Morgan fingerprint density at radius 1 is 1.00 bits per heavy atom. The molecule has 1 aliphatic carbocycles. The topological polar surface area (TPSA) is 97.2 Å². The smallest absolute Gasteiger partial charge is 0.315 e. The molecule has 0 unspecified atom stereocenters. The van der Waals surface area contributed by atoms with Crippen LogP contribution in [0.15, 0.2) is 65.8 Å². The second-order valence-corrected chi connectivity index (χ2v) is 7.55. The fraction of sp³-hybridized carbons (Fsp3) is 0.348. The molecule has 0 spiro atoms. The Hall–Kier alpha value is -3.19. The Morgan fingerprint density at radius 3 is 2.13 bits per heavy atom. The summed E-state index contributed by atoms with van der Waals surface area (Å²) in [6.07, 6.45) is 0.00962. The van der Waals surface area contributed by atoms with Crippen LogP contribution in [0.5, 0.6) is 0 Å². The maximum atomic E-state index is 12.9. The number of hydrogen-bond donors (Lipinski definition) is 2. The third-order valence-electron chi connectivity index (χ3n) is 5.48. The van der Waals surface area contributed by atoms with Crippen molar-refractivity contribution in [2.45, 2.75) is 24.9 Å². The highest BCUT2D eigenvalue weighted by atomic mass is 16.5. The van der Waals surface area contributed by atoms with Gasteiger partial charge in [-0.25, -0.2) is 0 Å². The van der Waals surface area contributed by atoms with Gasteiger partial charge in [0, 0.05) is 12.3 Å². The quantitative estimate of drug-likeness (QED) is 0.581. The molecule has 1 saturated carbocycles. The molecule has 0 radical (unpaired) electrons. The number of hydrazone groups is 1. The molecule has 2 aromatic carbocycles. The summed E-state index contributed by atoms with van der Waals surface area (Å²) < 4.78 is 10.1. The number of carbonyl (C=O) groups is 2. The van der Waals surface area contributed by atoms with Crippen molar-refractivity contribution in [3.05, 3.63) is 66.2 Å². The number of ether oxygens (including phenoxy) is 2. The molecule has 7 heteroatoms. The number of hydrogen-bond acceptors (Lipinski definition) is 7. The summed E-state index contributed by atoms with van der Waals surface area (Å²) in [5.74, 6) is -3.64. The van der Waals surface area contributed by atoms with Crippen molar-refractivity contribution in [2.75, 3.05) is 19.6 Å². The van der Waals surface area contributed by atoms with Crippen LogP contribution in [-0.4, -0.2) is 42.6 Å². The second kappa shape index (κ2) is 9.09. The van der Waals surface area contributed by atoms with Crippen molar-refractivity contribution >= 4 is 23.3 Å². The van der Waals surface area contributed by atoms with Gasteiger partial charge in [-0.3, -0.25) is 15.0 Å². The second-order valence-electron chi connectivity index (χ2n) is 7.55. The lowest BCUT2D eigenvalue weighted by atomic mass is 9.61. The summed E-state index contributed by atoms with van der Waals surface area (Å²) in [6.45, 7) is 1.57. The molecule has 0 saturated heterocycles. The lowest BCUT2D eigenvalue weighted by molar-refractivity contribution is -0.160. The molecule has 30 heavy (non-hydrogen) atoms. The first-order valence-corrected chi connectivity index (χ1v) is 9.69. The summed E-state index contributed by atoms with van der Waals surface area (Å²) in [5, 5.41) is 15.7. The Labute approximate surface area is 175 Å². The molecule has 3 rings (SSSR count). The molecule has 0 heterocycles. The van der Waals surface area contributed by atoms with Crippen LogP contribution in [0.2, 0.25) is 0 Å². The van der Waals surface area contributed by atoms with Crippen molar-refractivity contribution in [2.24, 2.45) is 16.9 Å². The molecule has 158 valence electrons. The molecule has 2 aromatic rings. The fourth-order valence-corrected chi connectivity index (χ4v) is 4.13. The van der Waals surface area contributed by atoms with E-state index in [0.29, 0.717) is 5.71 Å². The molecule has 0 aromatic heterocycles. The standard InChI is InChI=1S/C23H26N2O5/c1-23(28)14-17(25-24-16-12-8-5-9-13-16)19(21(26)29-2)18(20(23)22(27)30-3)15-10-6-4-7-11-15/h4-13,18-20,24,28H,14H2,1-3H3/b25-17-/t18-,19+,20+,23-/m0/s1. The van der Waals surface area contributed by atoms with Gasteiger partial charge in [0.2, 0.25) is 0 Å². The van der Waals surface area contributed by atoms with Gasteiger partial charge in [0.25, 0.3) is 0 Å². The SMILES string of the molecule is COC(=O)[C@@H]1/C(=N\Nc2ccccc2)C[C@](C)(O)[C@@H](C(=O)OC)[C@H]1c1ccccc1. The highest BCUT2D eigenvalue weighted by molar-refractivity contribution is 6.06. The minimum atomic E-state index is -1.48. The van der Waals surface area contributed by atoms with Crippen LogP contribution in [0.25, 0.3) is 0 Å². The largest absolute Gasteiger partial charge is 0.469 e. The molecule has 1 aliphatic rings. The lowest BCUT2D eigenvalue weighted by Gasteiger charge is -2.44. The van der Waals surface area contributed by atoms with E-state index < -0.39 is 35.3 Å². The van der Waals surface area contributed by atoms with Crippen molar-refractivity contribution in [3.63, 3.8) is 0 Å². The maximum Gasteiger partial charge on any atom is 0.315 e. The molecule has 4 atom stereocenters. The van der Waals surface area contributed by atoms with Crippen LogP contribution in [0, 0.1) is 11.8 Å². The van der Waals surface area contributed by atoms with E-state index in [1.807, 2.05) is 60.7 Å². The van der Waals surface area contributed by atoms with Crippen molar-refractivity contribution in [1.82, 2.24) is 0 Å². The number of rotatable bonds is 5. The average molecular weight is 410 g/mol. The van der Waals surface area contributed by atoms with Crippen LogP contribution in [0.1, 0.15) is 24.8 Å². The van der Waals surface area contributed by atoms with Gasteiger partial charge < -0.3 is 14.6 Å². The molecule has 0 amide bonds. The Balaban J connectivity index is 2.12. The van der Waals surface area contributed by atoms with Crippen LogP contribution < -0.4 is 5.43 Å². The normalized spacial score (nSPS) is 27.3. The van der Waals surface area contributed by atoms with Gasteiger partial charge in [0.05, 0.1) is 37.1 Å². The first kappa shape index (κ1) is 21.5. The zero-order valence-corrected chi connectivity index (χ0v) is 17.2. The van der Waals surface area contributed by atoms with Gasteiger partial charge in [-0.15, -0.1) is 0 Å². The summed E-state index contributed by atoms with van der Waals surface area (Å²) in [7, 11) is 2.57. The van der Waals surface area contributed by atoms with Gasteiger partial charge in [0.1, 0.15) is 5.92 Å². The first-order valence-electron chi connectivity index (χ1n) is 9.69. The van der Waals surface area contributed by atoms with Gasteiger partial charge in [-0.05, 0) is 24.6 Å². The minimum Gasteiger partial charge on any atom is -0.469 e. The molecule has 0 aliphatic heterocycles. The predicted octanol–water partition coefficient (Wildman–Crippen LogP) is 2.97. The van der Waals surface area contributed by atoms with Crippen molar-refractivity contribution in [1.29, 1.82) is 0 Å². The summed E-state index contributed by atoms with van der Waals surface area (Å²) in [4.78, 5) is 25.6.